The monoisotopic (exact) mass is 573 g/mol. The molecule has 1 aliphatic rings. The van der Waals surface area contributed by atoms with Gasteiger partial charge in [0.2, 0.25) is 0 Å². The van der Waals surface area contributed by atoms with Crippen molar-refractivity contribution in [2.75, 3.05) is 20.8 Å². The lowest BCUT2D eigenvalue weighted by molar-refractivity contribution is 0.380. The van der Waals surface area contributed by atoms with Gasteiger partial charge >= 0.3 is 10.2 Å². The van der Waals surface area contributed by atoms with Crippen LogP contribution in [0.1, 0.15) is 11.3 Å². The van der Waals surface area contributed by atoms with Crippen LogP contribution in [0.25, 0.3) is 16.8 Å². The number of halogens is 2. The fraction of sp³-hybridized carbons (Fsp3) is 0.192. The Bertz CT molecular complexity index is 1660. The Balaban J connectivity index is 1.74. The van der Waals surface area contributed by atoms with Crippen LogP contribution in [0.4, 0.5) is 4.39 Å². The Labute approximate surface area is 229 Å². The maximum Gasteiger partial charge on any atom is 0.303 e. The van der Waals surface area contributed by atoms with Crippen molar-refractivity contribution >= 4 is 33.9 Å². The van der Waals surface area contributed by atoms with Gasteiger partial charge in [-0.05, 0) is 47.5 Å². The first-order chi connectivity index (χ1) is 18.6. The number of hydrogen-bond acceptors (Lipinski definition) is 7. The van der Waals surface area contributed by atoms with Gasteiger partial charge in [0.05, 0.1) is 19.9 Å². The molecule has 204 valence electrons. The highest BCUT2D eigenvalue weighted by molar-refractivity contribution is 7.87. The summed E-state index contributed by atoms with van der Waals surface area (Å²) in [5.41, 5.74) is 1.44. The molecule has 3 N–H and O–H groups in total. The molecule has 0 amide bonds. The quantitative estimate of drug-likeness (QED) is 0.279. The molecular formula is C26H25ClFN5O5S. The van der Waals surface area contributed by atoms with Crippen LogP contribution < -0.4 is 19.8 Å². The molecule has 10 nitrogen and oxygen atoms in total. The minimum Gasteiger partial charge on any atom is -0.497 e. The summed E-state index contributed by atoms with van der Waals surface area (Å²) in [4.78, 5) is 13.0. The average molecular weight is 574 g/mol. The van der Waals surface area contributed by atoms with Gasteiger partial charge < -0.3 is 14.9 Å². The predicted octanol–water partition coefficient (Wildman–Crippen LogP) is 3.69. The van der Waals surface area contributed by atoms with E-state index in [2.05, 4.69) is 4.72 Å². The summed E-state index contributed by atoms with van der Waals surface area (Å²) in [5.74, 6) is -0.348. The Morgan fingerprint density at radius 2 is 1.92 bits per heavy atom. The number of nitrogens with zero attached hydrogens (tertiary/aromatic N) is 2. The summed E-state index contributed by atoms with van der Waals surface area (Å²) < 4.78 is 56.5. The molecule has 0 fully saturated rings. The second-order valence-corrected chi connectivity index (χ2v) is 10.6. The summed E-state index contributed by atoms with van der Waals surface area (Å²) in [6.07, 6.45) is 3.43. The van der Waals surface area contributed by atoms with Crippen molar-refractivity contribution < 1.29 is 22.3 Å². The second kappa shape index (κ2) is 11.4. The minimum absolute atomic E-state index is 0.0124. The summed E-state index contributed by atoms with van der Waals surface area (Å²) in [7, 11) is -1.19. The molecule has 0 saturated heterocycles. The van der Waals surface area contributed by atoms with Crippen molar-refractivity contribution in [3.05, 3.63) is 87.1 Å². The van der Waals surface area contributed by atoms with E-state index in [1.165, 1.54) is 49.1 Å². The number of rotatable bonds is 8. The van der Waals surface area contributed by atoms with Gasteiger partial charge in [-0.15, -0.1) is 0 Å². The maximum absolute atomic E-state index is 15.5. The van der Waals surface area contributed by atoms with E-state index in [1.54, 1.807) is 18.2 Å². The zero-order chi connectivity index (χ0) is 28.3. The SMILES string of the molecule is COc1cc(Cl)cc(-c2cc(OC)c(-n3c4c(ccc3=O)CN(S(=O)(=O)NC(=N)/C=C\C=N)CC4)cc2F)c1. The molecule has 13 heteroatoms. The molecule has 0 saturated carbocycles. The lowest BCUT2D eigenvalue weighted by atomic mass is 10.0. The van der Waals surface area contributed by atoms with Crippen molar-refractivity contribution in [1.82, 2.24) is 13.6 Å². The van der Waals surface area contributed by atoms with Gasteiger partial charge in [0.15, 0.2) is 0 Å². The van der Waals surface area contributed by atoms with Gasteiger partial charge in [0.25, 0.3) is 5.56 Å². The number of hydrogen-bond donors (Lipinski definition) is 3. The van der Waals surface area contributed by atoms with Crippen LogP contribution in [0.5, 0.6) is 11.5 Å². The van der Waals surface area contributed by atoms with Gasteiger partial charge in [-0.3, -0.25) is 19.5 Å². The fourth-order valence-electron chi connectivity index (χ4n) is 4.32. The number of allylic oxidation sites excluding steroid dienone is 1. The molecule has 4 rings (SSSR count). The van der Waals surface area contributed by atoms with Gasteiger partial charge in [0, 0.05) is 54.1 Å². The fourth-order valence-corrected chi connectivity index (χ4v) is 5.67. The third kappa shape index (κ3) is 5.87. The molecule has 0 aliphatic carbocycles. The number of fused-ring (bicyclic) bond motifs is 1. The Morgan fingerprint density at radius 1 is 1.15 bits per heavy atom. The van der Waals surface area contributed by atoms with Crippen LogP contribution >= 0.6 is 11.6 Å². The maximum atomic E-state index is 15.5. The van der Waals surface area contributed by atoms with Crippen LogP contribution in [0, 0.1) is 16.6 Å². The smallest absolute Gasteiger partial charge is 0.303 e. The van der Waals surface area contributed by atoms with E-state index in [-0.39, 0.29) is 36.5 Å². The second-order valence-electron chi connectivity index (χ2n) is 8.49. The number of aromatic nitrogens is 1. The van der Waals surface area contributed by atoms with Gasteiger partial charge in [0.1, 0.15) is 23.2 Å². The van der Waals surface area contributed by atoms with E-state index >= 15 is 4.39 Å². The molecular weight excluding hydrogens is 549 g/mol. The van der Waals surface area contributed by atoms with E-state index in [9.17, 15) is 13.2 Å². The number of pyridine rings is 1. The molecule has 1 aliphatic heterocycles. The zero-order valence-corrected chi connectivity index (χ0v) is 22.6. The zero-order valence-electron chi connectivity index (χ0n) is 21.0. The molecule has 0 spiro atoms. The highest BCUT2D eigenvalue weighted by Crippen LogP contribution is 2.36. The van der Waals surface area contributed by atoms with E-state index in [0.29, 0.717) is 27.6 Å². The topological polar surface area (TPSA) is 138 Å². The number of benzene rings is 2. The van der Waals surface area contributed by atoms with E-state index in [0.717, 1.165) is 16.6 Å². The lowest BCUT2D eigenvalue weighted by Crippen LogP contribution is -2.46. The third-order valence-electron chi connectivity index (χ3n) is 6.10. The summed E-state index contributed by atoms with van der Waals surface area (Å²) in [6.45, 7) is -0.0593. The number of ether oxygens (including phenoxy) is 2. The first-order valence-electron chi connectivity index (χ1n) is 11.6. The molecule has 0 unspecified atom stereocenters. The lowest BCUT2D eigenvalue weighted by Gasteiger charge is -2.30. The Kier molecular flexibility index (Phi) is 8.19. The average Bonchev–Trinajstić information content (AvgIpc) is 2.90. The van der Waals surface area contributed by atoms with Crippen LogP contribution in [-0.4, -0.2) is 50.1 Å². The van der Waals surface area contributed by atoms with E-state index < -0.39 is 27.4 Å². The van der Waals surface area contributed by atoms with Crippen LogP contribution in [0.2, 0.25) is 5.02 Å². The van der Waals surface area contributed by atoms with Crippen LogP contribution in [0.15, 0.2) is 59.4 Å². The Morgan fingerprint density at radius 3 is 2.62 bits per heavy atom. The summed E-state index contributed by atoms with van der Waals surface area (Å²) >= 11 is 6.17. The summed E-state index contributed by atoms with van der Waals surface area (Å²) in [6, 6.07) is 10.3. The Hall–Kier alpha value is -4.00. The first-order valence-corrected chi connectivity index (χ1v) is 13.4. The first kappa shape index (κ1) is 28.0. The van der Waals surface area contributed by atoms with Crippen molar-refractivity contribution in [3.8, 4) is 28.3 Å². The highest BCUT2D eigenvalue weighted by atomic mass is 35.5. The van der Waals surface area contributed by atoms with Gasteiger partial charge in [-0.1, -0.05) is 17.7 Å². The van der Waals surface area contributed by atoms with Crippen LogP contribution in [-0.2, 0) is 23.2 Å². The molecule has 0 radical (unpaired) electrons. The van der Waals surface area contributed by atoms with E-state index in [1.807, 2.05) is 0 Å². The number of nitrogens with one attached hydrogen (secondary N) is 3. The van der Waals surface area contributed by atoms with Gasteiger partial charge in [-0.2, -0.15) is 12.7 Å². The van der Waals surface area contributed by atoms with Gasteiger partial charge in [-0.25, -0.2) is 4.39 Å². The highest BCUT2D eigenvalue weighted by Gasteiger charge is 2.30. The number of methoxy groups -OCH3 is 2. The largest absolute Gasteiger partial charge is 0.497 e. The van der Waals surface area contributed by atoms with Crippen LogP contribution in [0.3, 0.4) is 0 Å². The number of amidine groups is 1. The van der Waals surface area contributed by atoms with Crippen molar-refractivity contribution in [2.24, 2.45) is 0 Å². The molecule has 2 heterocycles. The van der Waals surface area contributed by atoms with Crippen molar-refractivity contribution in [2.45, 2.75) is 13.0 Å². The molecule has 2 aromatic carbocycles. The van der Waals surface area contributed by atoms with E-state index in [4.69, 9.17) is 31.9 Å². The predicted molar refractivity (Wildman–Crippen MR) is 147 cm³/mol. The molecule has 0 bridgehead atoms. The van der Waals surface area contributed by atoms with Crippen molar-refractivity contribution in [1.29, 1.82) is 10.8 Å². The minimum atomic E-state index is -4.07. The van der Waals surface area contributed by atoms with Crippen molar-refractivity contribution in [3.63, 3.8) is 0 Å². The third-order valence-corrected chi connectivity index (χ3v) is 7.79. The molecule has 1 aromatic heterocycles. The molecule has 0 atom stereocenters. The normalized spacial score (nSPS) is 13.6. The molecule has 3 aromatic rings. The standard InChI is InChI=1S/C26H25ClFN5O5S/c1-37-19-11-17(10-18(27)12-19)20-13-24(38-2)23(14-21(20)28)33-22-7-9-32(15-16(22)5-6-26(33)34)39(35,36)31-25(30)4-3-8-29/h3-6,8,10-14,29H,7,9,15H2,1-2H3,(H2,30,31)/b4-3-,29-8?. The molecule has 39 heavy (non-hydrogen) atoms. The summed E-state index contributed by atoms with van der Waals surface area (Å²) in [5, 5.41) is 15.1.